The molecule has 1 atom stereocenters. The van der Waals surface area contributed by atoms with E-state index in [-0.39, 0.29) is 18.4 Å². The van der Waals surface area contributed by atoms with Gasteiger partial charge in [0.05, 0.1) is 4.90 Å². The van der Waals surface area contributed by atoms with E-state index in [0.29, 0.717) is 4.90 Å². The van der Waals surface area contributed by atoms with Gasteiger partial charge in [0.15, 0.2) is 9.84 Å². The number of nitrogens with two attached hydrogens (primary N) is 1. The van der Waals surface area contributed by atoms with Crippen LogP contribution < -0.4 is 5.73 Å². The molecule has 0 bridgehead atoms. The molecule has 0 aliphatic carbocycles. The summed E-state index contributed by atoms with van der Waals surface area (Å²) in [5, 5.41) is 0. The summed E-state index contributed by atoms with van der Waals surface area (Å²) in [6.45, 7) is 1.82. The Balaban J connectivity index is 0.00000169. The molecule has 0 aliphatic heterocycles. The van der Waals surface area contributed by atoms with Gasteiger partial charge in [0.1, 0.15) is 0 Å². The summed E-state index contributed by atoms with van der Waals surface area (Å²) in [7, 11) is -3.11. The highest BCUT2D eigenvalue weighted by atomic mass is 35.5. The van der Waals surface area contributed by atoms with E-state index >= 15 is 0 Å². The molecule has 2 N–H and O–H groups in total. The standard InChI is InChI=1S/C9H13NO2S.ClH/c1-7(10)8-4-3-5-9(6-8)13(2,11)12;/h3-7H,10H2,1-2H3;1H/t7-;/m1./s1. The molecular weight excluding hydrogens is 222 g/mol. The fourth-order valence-corrected chi connectivity index (χ4v) is 1.70. The first kappa shape index (κ1) is 13.4. The summed E-state index contributed by atoms with van der Waals surface area (Å²) in [5.74, 6) is 0. The van der Waals surface area contributed by atoms with Crippen LogP contribution in [0.4, 0.5) is 0 Å². The van der Waals surface area contributed by atoms with E-state index in [1.165, 1.54) is 6.26 Å². The van der Waals surface area contributed by atoms with Crippen LogP contribution in [0.25, 0.3) is 0 Å². The van der Waals surface area contributed by atoms with Gasteiger partial charge >= 0.3 is 0 Å². The minimum absolute atomic E-state index is 0. The molecule has 0 saturated carbocycles. The van der Waals surface area contributed by atoms with Crippen molar-refractivity contribution in [3.8, 4) is 0 Å². The molecule has 3 nitrogen and oxygen atoms in total. The molecule has 0 radical (unpaired) electrons. The monoisotopic (exact) mass is 235 g/mol. The first-order valence-electron chi connectivity index (χ1n) is 3.97. The lowest BCUT2D eigenvalue weighted by Gasteiger charge is -2.06. The van der Waals surface area contributed by atoms with Crippen LogP contribution in [-0.4, -0.2) is 14.7 Å². The number of hydrogen-bond donors (Lipinski definition) is 1. The zero-order chi connectivity index (χ0) is 10.1. The highest BCUT2D eigenvalue weighted by molar-refractivity contribution is 7.90. The topological polar surface area (TPSA) is 60.2 Å². The van der Waals surface area contributed by atoms with E-state index in [1.807, 2.05) is 13.0 Å². The van der Waals surface area contributed by atoms with Gasteiger partial charge < -0.3 is 5.73 Å². The van der Waals surface area contributed by atoms with Gasteiger partial charge in [-0.1, -0.05) is 12.1 Å². The highest BCUT2D eigenvalue weighted by Gasteiger charge is 2.08. The molecule has 1 aromatic rings. The molecule has 0 fully saturated rings. The molecule has 0 saturated heterocycles. The Bertz CT molecular complexity index is 401. The Morgan fingerprint density at radius 2 is 1.93 bits per heavy atom. The van der Waals surface area contributed by atoms with E-state index in [2.05, 4.69) is 0 Å². The molecule has 80 valence electrons. The second-order valence-electron chi connectivity index (χ2n) is 3.13. The maximum absolute atomic E-state index is 11.2. The lowest BCUT2D eigenvalue weighted by atomic mass is 10.1. The first-order chi connectivity index (χ1) is 5.91. The third-order valence-electron chi connectivity index (χ3n) is 1.81. The average Bonchev–Trinajstić information content (AvgIpc) is 2.03. The van der Waals surface area contributed by atoms with Crippen molar-refractivity contribution in [2.45, 2.75) is 17.9 Å². The SMILES string of the molecule is C[C@@H](N)c1cccc(S(C)(=O)=O)c1.Cl. The van der Waals surface area contributed by atoms with E-state index < -0.39 is 9.84 Å². The predicted octanol–water partition coefficient (Wildman–Crippen LogP) is 1.53. The zero-order valence-corrected chi connectivity index (χ0v) is 9.73. The van der Waals surface area contributed by atoms with Crippen molar-refractivity contribution in [2.24, 2.45) is 5.73 Å². The Labute approximate surface area is 90.6 Å². The van der Waals surface area contributed by atoms with Crippen LogP contribution in [0.15, 0.2) is 29.2 Å². The smallest absolute Gasteiger partial charge is 0.175 e. The Hall–Kier alpha value is -0.580. The summed E-state index contributed by atoms with van der Waals surface area (Å²) < 4.78 is 22.3. The molecule has 0 unspecified atom stereocenters. The highest BCUT2D eigenvalue weighted by Crippen LogP contribution is 2.15. The van der Waals surface area contributed by atoms with Crippen LogP contribution in [-0.2, 0) is 9.84 Å². The third kappa shape index (κ3) is 3.29. The second-order valence-corrected chi connectivity index (χ2v) is 5.15. The molecule has 0 aliphatic rings. The van der Waals surface area contributed by atoms with Crippen LogP contribution in [0.2, 0.25) is 0 Å². The van der Waals surface area contributed by atoms with Crippen molar-refractivity contribution in [2.75, 3.05) is 6.26 Å². The largest absolute Gasteiger partial charge is 0.324 e. The number of hydrogen-bond acceptors (Lipinski definition) is 3. The van der Waals surface area contributed by atoms with Crippen molar-refractivity contribution in [3.63, 3.8) is 0 Å². The fourth-order valence-electron chi connectivity index (χ4n) is 1.03. The van der Waals surface area contributed by atoms with Gasteiger partial charge in [0.2, 0.25) is 0 Å². The van der Waals surface area contributed by atoms with Crippen molar-refractivity contribution in [3.05, 3.63) is 29.8 Å². The summed E-state index contributed by atoms with van der Waals surface area (Å²) in [5.41, 5.74) is 6.47. The van der Waals surface area contributed by atoms with Crippen LogP contribution >= 0.6 is 12.4 Å². The number of sulfone groups is 1. The van der Waals surface area contributed by atoms with Gasteiger partial charge in [0.25, 0.3) is 0 Å². The van der Waals surface area contributed by atoms with Gasteiger partial charge in [-0.2, -0.15) is 0 Å². The van der Waals surface area contributed by atoms with Crippen LogP contribution in [0.5, 0.6) is 0 Å². The Kier molecular flexibility index (Phi) is 4.58. The fraction of sp³-hybridized carbons (Fsp3) is 0.333. The lowest BCUT2D eigenvalue weighted by molar-refractivity contribution is 0.601. The molecule has 1 aromatic carbocycles. The summed E-state index contributed by atoms with van der Waals surface area (Å²) in [6, 6.07) is 6.57. The molecular formula is C9H14ClNO2S. The molecule has 0 amide bonds. The maximum atomic E-state index is 11.2. The normalized spacial score (nSPS) is 13.1. The van der Waals surface area contributed by atoms with Gasteiger partial charge in [-0.25, -0.2) is 8.42 Å². The van der Waals surface area contributed by atoms with Gasteiger partial charge in [-0.05, 0) is 24.6 Å². The second kappa shape index (κ2) is 4.77. The van der Waals surface area contributed by atoms with Crippen LogP contribution in [0.1, 0.15) is 18.5 Å². The summed E-state index contributed by atoms with van der Waals surface area (Å²) in [6.07, 6.45) is 1.19. The average molecular weight is 236 g/mol. The first-order valence-corrected chi connectivity index (χ1v) is 5.86. The third-order valence-corrected chi connectivity index (χ3v) is 2.92. The van der Waals surface area contributed by atoms with Crippen molar-refractivity contribution in [1.29, 1.82) is 0 Å². The molecule has 0 aromatic heterocycles. The van der Waals surface area contributed by atoms with E-state index in [9.17, 15) is 8.42 Å². The molecule has 14 heavy (non-hydrogen) atoms. The molecule has 5 heteroatoms. The zero-order valence-electron chi connectivity index (χ0n) is 8.10. The van der Waals surface area contributed by atoms with Crippen LogP contribution in [0.3, 0.4) is 0 Å². The number of halogens is 1. The van der Waals surface area contributed by atoms with E-state index in [4.69, 9.17) is 5.73 Å². The van der Waals surface area contributed by atoms with Gasteiger partial charge in [0, 0.05) is 12.3 Å². The quantitative estimate of drug-likeness (QED) is 0.846. The maximum Gasteiger partial charge on any atom is 0.175 e. The van der Waals surface area contributed by atoms with Gasteiger partial charge in [-0.3, -0.25) is 0 Å². The minimum Gasteiger partial charge on any atom is -0.324 e. The van der Waals surface area contributed by atoms with Gasteiger partial charge in [-0.15, -0.1) is 12.4 Å². The van der Waals surface area contributed by atoms with E-state index in [1.54, 1.807) is 18.2 Å². The molecule has 0 heterocycles. The van der Waals surface area contributed by atoms with E-state index in [0.717, 1.165) is 5.56 Å². The summed E-state index contributed by atoms with van der Waals surface area (Å²) in [4.78, 5) is 0.322. The minimum atomic E-state index is -3.11. The number of benzene rings is 1. The van der Waals surface area contributed by atoms with Crippen LogP contribution in [0, 0.1) is 0 Å². The molecule has 1 rings (SSSR count). The van der Waals surface area contributed by atoms with Crippen molar-refractivity contribution >= 4 is 22.2 Å². The molecule has 0 spiro atoms. The van der Waals surface area contributed by atoms with Crippen molar-refractivity contribution < 1.29 is 8.42 Å². The number of rotatable bonds is 2. The Morgan fingerprint density at radius 3 is 2.36 bits per heavy atom. The Morgan fingerprint density at radius 1 is 1.36 bits per heavy atom. The predicted molar refractivity (Wildman–Crippen MR) is 59.4 cm³/mol. The summed E-state index contributed by atoms with van der Waals surface area (Å²) >= 11 is 0. The van der Waals surface area contributed by atoms with Crippen molar-refractivity contribution in [1.82, 2.24) is 0 Å². The lowest BCUT2D eigenvalue weighted by Crippen LogP contribution is -2.06.